The van der Waals surface area contributed by atoms with Gasteiger partial charge in [0, 0.05) is 19.3 Å². The quantitative estimate of drug-likeness (QED) is 0.0228. The Labute approximate surface area is 480 Å². The summed E-state index contributed by atoms with van der Waals surface area (Å²) in [5.74, 6) is -3.17. The number of allylic oxidation sites excluding steroid dienone is 14. The zero-order valence-electron chi connectivity index (χ0n) is 49.8. The summed E-state index contributed by atoms with van der Waals surface area (Å²) in [5.41, 5.74) is 0. The van der Waals surface area contributed by atoms with E-state index >= 15 is 0 Å². The zero-order chi connectivity index (χ0) is 57.5. The Morgan fingerprint density at radius 1 is 0.430 bits per heavy atom. The largest absolute Gasteiger partial charge is 0.479 e. The van der Waals surface area contributed by atoms with Gasteiger partial charge in [-0.2, -0.15) is 0 Å². The second-order valence-corrected chi connectivity index (χ2v) is 21.3. The van der Waals surface area contributed by atoms with Gasteiger partial charge >= 0.3 is 23.9 Å². The van der Waals surface area contributed by atoms with Gasteiger partial charge in [0.05, 0.1) is 6.61 Å². The molecular weight excluding hydrogens is 997 g/mol. The zero-order valence-corrected chi connectivity index (χ0v) is 49.8. The Balaban J connectivity index is 2.70. The minimum Gasteiger partial charge on any atom is -0.479 e. The first-order valence-corrected chi connectivity index (χ1v) is 31.6. The Morgan fingerprint density at radius 3 is 1.25 bits per heavy atom. The molecule has 1 aliphatic rings. The minimum absolute atomic E-state index is 0.0457. The van der Waals surface area contributed by atoms with Gasteiger partial charge in [-0.05, 0) is 116 Å². The van der Waals surface area contributed by atoms with Crippen molar-refractivity contribution < 1.29 is 58.2 Å². The molecule has 1 saturated heterocycles. The van der Waals surface area contributed by atoms with Gasteiger partial charge in [0.1, 0.15) is 18.8 Å². The molecule has 0 aromatic rings. The van der Waals surface area contributed by atoms with E-state index in [2.05, 4.69) is 106 Å². The molecule has 0 spiro atoms. The van der Waals surface area contributed by atoms with Gasteiger partial charge in [0.15, 0.2) is 24.6 Å². The van der Waals surface area contributed by atoms with E-state index < -0.39 is 67.3 Å². The van der Waals surface area contributed by atoms with E-state index in [0.29, 0.717) is 19.3 Å². The van der Waals surface area contributed by atoms with Crippen LogP contribution in [0, 0.1) is 0 Å². The van der Waals surface area contributed by atoms with Crippen molar-refractivity contribution in [2.75, 3.05) is 13.2 Å². The molecule has 1 aliphatic heterocycles. The van der Waals surface area contributed by atoms with Crippen LogP contribution in [0.15, 0.2) is 85.1 Å². The molecule has 6 unspecified atom stereocenters. The van der Waals surface area contributed by atoms with Crippen molar-refractivity contribution in [1.82, 2.24) is 0 Å². The molecule has 0 radical (unpaired) electrons. The molecule has 0 aliphatic carbocycles. The summed E-state index contributed by atoms with van der Waals surface area (Å²) in [6.07, 6.45) is 58.2. The molecule has 0 bridgehead atoms. The van der Waals surface area contributed by atoms with Crippen molar-refractivity contribution in [1.29, 1.82) is 0 Å². The first kappa shape index (κ1) is 72.9. The third-order valence-corrected chi connectivity index (χ3v) is 13.9. The molecule has 0 aromatic heterocycles. The van der Waals surface area contributed by atoms with E-state index in [-0.39, 0.29) is 25.9 Å². The molecule has 452 valence electrons. The fourth-order valence-electron chi connectivity index (χ4n) is 9.09. The number of aliphatic hydroxyl groups excluding tert-OH is 2. The highest BCUT2D eigenvalue weighted by molar-refractivity contribution is 5.74. The van der Waals surface area contributed by atoms with Crippen LogP contribution in [-0.2, 0) is 42.9 Å². The lowest BCUT2D eigenvalue weighted by Crippen LogP contribution is -2.61. The van der Waals surface area contributed by atoms with Crippen molar-refractivity contribution in [3.05, 3.63) is 85.1 Å². The Hall–Kier alpha value is -4.10. The highest BCUT2D eigenvalue weighted by Gasteiger charge is 2.50. The molecule has 0 amide bonds. The molecule has 12 nitrogen and oxygen atoms in total. The number of aliphatic hydroxyl groups is 2. The molecule has 1 rings (SSSR count). The summed E-state index contributed by atoms with van der Waals surface area (Å²) >= 11 is 0. The van der Waals surface area contributed by atoms with Gasteiger partial charge in [0.25, 0.3) is 0 Å². The van der Waals surface area contributed by atoms with Crippen molar-refractivity contribution >= 4 is 23.9 Å². The highest BCUT2D eigenvalue weighted by Crippen LogP contribution is 2.26. The molecule has 6 atom stereocenters. The number of ether oxygens (including phenoxy) is 5. The highest BCUT2D eigenvalue weighted by atomic mass is 16.7. The first-order valence-electron chi connectivity index (χ1n) is 31.6. The normalized spacial score (nSPS) is 18.4. The topological polar surface area (TPSA) is 175 Å². The number of carbonyl (C=O) groups is 4. The fraction of sp³-hybridized carbons (Fsp3) is 0.731. The predicted octanol–water partition coefficient (Wildman–Crippen LogP) is 16.7. The van der Waals surface area contributed by atoms with Crippen LogP contribution in [0.1, 0.15) is 265 Å². The van der Waals surface area contributed by atoms with E-state index in [9.17, 15) is 34.5 Å². The maximum atomic E-state index is 13.2. The van der Waals surface area contributed by atoms with Crippen LogP contribution in [0.2, 0.25) is 0 Å². The number of aliphatic carboxylic acids is 1. The third-order valence-electron chi connectivity index (χ3n) is 13.9. The van der Waals surface area contributed by atoms with Crippen molar-refractivity contribution in [3.8, 4) is 0 Å². The summed E-state index contributed by atoms with van der Waals surface area (Å²) in [6.45, 7) is 5.83. The summed E-state index contributed by atoms with van der Waals surface area (Å²) in [6, 6.07) is 0. The number of rotatable bonds is 53. The first-order chi connectivity index (χ1) is 38.6. The standard InChI is InChI=1S/C67H112O12/c1-4-7-10-13-16-19-22-25-28-30-33-35-38-41-44-47-50-53-59(68)75-56-58(77-60(69)54-51-48-45-42-39-36-32-27-24-21-18-15-12-9-6-3)57-76-67-65(63(72)62(71)64(79-67)66(73)74)78-61(70)55-52-49-46-43-40-37-34-31-29-26-23-20-17-14-11-8-5-2/h7,10,16-17,19-20,25-29,32-33,35,58,62-65,67,71-72H,4-6,8-9,11-15,18,21-24,30-31,34,36-57H2,1-3H3,(H,73,74)/b10-7-,19-16-,20-17-,28-25-,29-26-,32-27-,35-33-. The van der Waals surface area contributed by atoms with Crippen LogP contribution in [0.4, 0.5) is 0 Å². The Bertz CT molecular complexity index is 1700. The van der Waals surface area contributed by atoms with Crippen LogP contribution in [0.3, 0.4) is 0 Å². The molecule has 3 N–H and O–H groups in total. The van der Waals surface area contributed by atoms with E-state index in [4.69, 9.17) is 23.7 Å². The van der Waals surface area contributed by atoms with E-state index in [1.165, 1.54) is 57.8 Å². The summed E-state index contributed by atoms with van der Waals surface area (Å²) in [5, 5.41) is 31.6. The average Bonchev–Trinajstić information content (AvgIpc) is 3.47. The number of esters is 3. The average molecular weight is 1110 g/mol. The second-order valence-electron chi connectivity index (χ2n) is 21.3. The molecule has 0 saturated carbocycles. The van der Waals surface area contributed by atoms with E-state index in [0.717, 1.165) is 148 Å². The lowest BCUT2D eigenvalue weighted by atomic mass is 9.98. The fourth-order valence-corrected chi connectivity index (χ4v) is 9.09. The number of carboxylic acid groups (broad SMARTS) is 1. The Morgan fingerprint density at radius 2 is 0.797 bits per heavy atom. The van der Waals surface area contributed by atoms with Crippen molar-refractivity contribution in [3.63, 3.8) is 0 Å². The molecule has 1 fully saturated rings. The van der Waals surface area contributed by atoms with E-state index in [1.807, 2.05) is 0 Å². The molecule has 79 heavy (non-hydrogen) atoms. The van der Waals surface area contributed by atoms with Gasteiger partial charge in [-0.25, -0.2) is 4.79 Å². The van der Waals surface area contributed by atoms with Crippen LogP contribution < -0.4 is 0 Å². The maximum Gasteiger partial charge on any atom is 0.335 e. The smallest absolute Gasteiger partial charge is 0.335 e. The number of unbranched alkanes of at least 4 members (excludes halogenated alkanes) is 25. The molecule has 0 aromatic carbocycles. The number of hydrogen-bond acceptors (Lipinski definition) is 11. The van der Waals surface area contributed by atoms with Crippen molar-refractivity contribution in [2.24, 2.45) is 0 Å². The number of carboxylic acids is 1. The van der Waals surface area contributed by atoms with Crippen molar-refractivity contribution in [2.45, 2.75) is 302 Å². The predicted molar refractivity (Wildman–Crippen MR) is 321 cm³/mol. The maximum absolute atomic E-state index is 13.2. The summed E-state index contributed by atoms with van der Waals surface area (Å²) in [7, 11) is 0. The van der Waals surface area contributed by atoms with E-state index in [1.54, 1.807) is 0 Å². The van der Waals surface area contributed by atoms with Gasteiger partial charge in [-0.1, -0.05) is 215 Å². The van der Waals surface area contributed by atoms with Crippen LogP contribution in [0.25, 0.3) is 0 Å². The third kappa shape index (κ3) is 44.3. The van der Waals surface area contributed by atoms with Crippen LogP contribution in [-0.4, -0.2) is 89.2 Å². The monoisotopic (exact) mass is 1110 g/mol. The van der Waals surface area contributed by atoms with Gasteiger partial charge in [0.2, 0.25) is 0 Å². The lowest BCUT2D eigenvalue weighted by Gasteiger charge is -2.40. The number of hydrogen-bond donors (Lipinski definition) is 3. The second kappa shape index (κ2) is 54.5. The SMILES string of the molecule is CC/C=C\C/C=C\C/C=C\C/C=C\CCCCCCC(=O)OCC(COC1OC(C(=O)O)C(O)C(O)C1OC(=O)CCCCCCCCC/C=C\C/C=C\CCCCC)OC(=O)CCCCCCC/C=C\CCCCCCCC. The van der Waals surface area contributed by atoms with Gasteiger partial charge < -0.3 is 39.0 Å². The van der Waals surface area contributed by atoms with Gasteiger partial charge in [-0.15, -0.1) is 0 Å². The molecule has 1 heterocycles. The molecular formula is C67H112O12. The summed E-state index contributed by atoms with van der Waals surface area (Å²) in [4.78, 5) is 51.3. The van der Waals surface area contributed by atoms with Gasteiger partial charge in [-0.3, -0.25) is 14.4 Å². The Kier molecular flexibility index (Phi) is 50.3. The van der Waals surface area contributed by atoms with Crippen LogP contribution >= 0.6 is 0 Å². The minimum atomic E-state index is -1.91. The molecule has 12 heteroatoms. The lowest BCUT2D eigenvalue weighted by molar-refractivity contribution is -0.301. The van der Waals surface area contributed by atoms with Crippen LogP contribution in [0.5, 0.6) is 0 Å². The number of carbonyl (C=O) groups excluding carboxylic acids is 3. The summed E-state index contributed by atoms with van der Waals surface area (Å²) < 4.78 is 28.5.